The number of unbranched alkanes of at least 4 members (excludes halogenated alkanes) is 2. The summed E-state index contributed by atoms with van der Waals surface area (Å²) in [6, 6.07) is 0. The smallest absolute Gasteiger partial charge is 0.325 e. The molecule has 0 aliphatic heterocycles. The van der Waals surface area contributed by atoms with E-state index in [0.29, 0.717) is 37.7 Å². The van der Waals surface area contributed by atoms with Crippen LogP contribution in [0.5, 0.6) is 0 Å². The number of aliphatic hydroxyl groups is 1. The van der Waals surface area contributed by atoms with Crippen molar-refractivity contribution in [2.75, 3.05) is 13.2 Å². The largest absolute Gasteiger partial charge is 0.456 e. The van der Waals surface area contributed by atoms with Gasteiger partial charge in [0.25, 0.3) is 0 Å². The Kier molecular flexibility index (Phi) is 9.93. The van der Waals surface area contributed by atoms with Crippen molar-refractivity contribution in [2.45, 2.75) is 116 Å². The van der Waals surface area contributed by atoms with E-state index in [2.05, 4.69) is 5.32 Å². The van der Waals surface area contributed by atoms with Gasteiger partial charge < -0.3 is 19.9 Å². The molecule has 2 N–H and O–H groups in total. The van der Waals surface area contributed by atoms with Gasteiger partial charge in [-0.05, 0) is 63.5 Å². The summed E-state index contributed by atoms with van der Waals surface area (Å²) in [6.07, 6.45) is 7.10. The monoisotopic (exact) mass is 617 g/mol. The molecule has 0 radical (unpaired) electrons. The maximum absolute atomic E-state index is 17.6. The van der Waals surface area contributed by atoms with E-state index in [1.165, 1.54) is 12.2 Å². The fourth-order valence-corrected chi connectivity index (χ4v) is 8.85. The van der Waals surface area contributed by atoms with E-state index >= 15 is 4.39 Å². The lowest BCUT2D eigenvalue weighted by Gasteiger charge is -2.62. The minimum absolute atomic E-state index is 0.0899. The number of hydrogen-bond donors (Lipinski definition) is 2. The Morgan fingerprint density at radius 1 is 1.07 bits per heavy atom. The standard InChI is InChI=1S/C34H48FNO8/c1-6-8-10-28(40)36-19-30(42)43-20-27(39)34(44-29(41)11-9-7-2)21(3)16-25-24-13-12-22-17-23(37)14-15-31(22,4)33(24,35)26(38)18-32(25,34)5/h14-15,17,21,24-26,38H,6-13,16,18-20H2,1-5H3,(H,36,40). The number of hydrogen-bond acceptors (Lipinski definition) is 8. The quantitative estimate of drug-likeness (QED) is 0.306. The van der Waals surface area contributed by atoms with Gasteiger partial charge in [-0.2, -0.15) is 0 Å². The summed E-state index contributed by atoms with van der Waals surface area (Å²) in [7, 11) is 0. The number of alkyl halides is 1. The normalized spacial score (nSPS) is 37.2. The second-order valence-electron chi connectivity index (χ2n) is 13.7. The number of fused-ring (bicyclic) bond motifs is 5. The number of allylic oxidation sites excluding steroid dienone is 4. The molecule has 244 valence electrons. The molecule has 1 amide bonds. The number of ketones is 2. The fourth-order valence-electron chi connectivity index (χ4n) is 8.85. The lowest BCUT2D eigenvalue weighted by Crippen LogP contribution is -2.70. The van der Waals surface area contributed by atoms with Gasteiger partial charge in [-0.15, -0.1) is 0 Å². The average Bonchev–Trinajstić information content (AvgIpc) is 3.19. The number of esters is 2. The molecule has 0 aromatic heterocycles. The van der Waals surface area contributed by atoms with Crippen molar-refractivity contribution in [3.63, 3.8) is 0 Å². The minimum atomic E-state index is -2.11. The van der Waals surface area contributed by atoms with Crippen LogP contribution in [0.15, 0.2) is 23.8 Å². The molecule has 0 bridgehead atoms. The van der Waals surface area contributed by atoms with Gasteiger partial charge in [0.1, 0.15) is 6.54 Å². The predicted molar refractivity (Wildman–Crippen MR) is 160 cm³/mol. The zero-order valence-electron chi connectivity index (χ0n) is 26.7. The molecular formula is C34H48FNO8. The first-order valence-corrected chi connectivity index (χ1v) is 16.2. The third-order valence-corrected chi connectivity index (χ3v) is 11.2. The van der Waals surface area contributed by atoms with Crippen molar-refractivity contribution < 1.29 is 42.9 Å². The molecule has 3 saturated carbocycles. The van der Waals surface area contributed by atoms with Gasteiger partial charge in [0, 0.05) is 35.5 Å². The first-order valence-electron chi connectivity index (χ1n) is 16.2. The van der Waals surface area contributed by atoms with Gasteiger partial charge in [-0.25, -0.2) is 4.39 Å². The molecule has 0 aromatic carbocycles. The zero-order chi connectivity index (χ0) is 32.5. The number of amides is 1. The molecule has 4 rings (SSSR count). The summed E-state index contributed by atoms with van der Waals surface area (Å²) < 4.78 is 29.1. The van der Waals surface area contributed by atoms with Crippen molar-refractivity contribution in [2.24, 2.45) is 28.6 Å². The summed E-state index contributed by atoms with van der Waals surface area (Å²) in [5.74, 6) is -4.14. The summed E-state index contributed by atoms with van der Waals surface area (Å²) in [5.41, 5.74) is -5.56. The number of aliphatic hydroxyl groups excluding tert-OH is 1. The number of ether oxygens (including phenoxy) is 2. The van der Waals surface area contributed by atoms with Crippen LogP contribution in [0.4, 0.5) is 4.39 Å². The lowest BCUT2D eigenvalue weighted by atomic mass is 9.44. The van der Waals surface area contributed by atoms with Crippen LogP contribution in [0, 0.1) is 28.6 Å². The zero-order valence-corrected chi connectivity index (χ0v) is 26.7. The third kappa shape index (κ3) is 5.45. The van der Waals surface area contributed by atoms with E-state index in [1.54, 1.807) is 26.8 Å². The predicted octanol–water partition coefficient (Wildman–Crippen LogP) is 4.49. The molecule has 4 aliphatic rings. The van der Waals surface area contributed by atoms with Gasteiger partial charge in [0.2, 0.25) is 11.7 Å². The number of rotatable bonds is 12. The van der Waals surface area contributed by atoms with Gasteiger partial charge in [-0.3, -0.25) is 24.0 Å². The molecule has 8 atom stereocenters. The second kappa shape index (κ2) is 12.9. The Bertz CT molecular complexity index is 1250. The number of carbonyl (C=O) groups excluding carboxylic acids is 5. The first-order chi connectivity index (χ1) is 20.7. The maximum Gasteiger partial charge on any atom is 0.325 e. The Morgan fingerprint density at radius 3 is 2.43 bits per heavy atom. The first kappa shape index (κ1) is 34.0. The number of halogens is 1. The van der Waals surface area contributed by atoms with Crippen LogP contribution in [-0.2, 0) is 33.4 Å². The minimum Gasteiger partial charge on any atom is -0.456 e. The van der Waals surface area contributed by atoms with E-state index in [-0.39, 0.29) is 31.0 Å². The highest BCUT2D eigenvalue weighted by Crippen LogP contribution is 2.71. The van der Waals surface area contributed by atoms with Crippen molar-refractivity contribution in [3.05, 3.63) is 23.8 Å². The molecule has 0 aromatic rings. The highest BCUT2D eigenvalue weighted by Gasteiger charge is 2.77. The van der Waals surface area contributed by atoms with Crippen LogP contribution in [0.2, 0.25) is 0 Å². The highest BCUT2D eigenvalue weighted by atomic mass is 19.1. The van der Waals surface area contributed by atoms with Gasteiger partial charge in [0.15, 0.2) is 23.7 Å². The van der Waals surface area contributed by atoms with Crippen molar-refractivity contribution >= 4 is 29.4 Å². The number of Topliss-reactive ketones (excluding diaryl/α,β-unsaturated/α-hetero) is 1. The van der Waals surface area contributed by atoms with Crippen LogP contribution in [0.25, 0.3) is 0 Å². The van der Waals surface area contributed by atoms with Crippen LogP contribution in [0.3, 0.4) is 0 Å². The second-order valence-corrected chi connectivity index (χ2v) is 13.7. The highest BCUT2D eigenvalue weighted by molar-refractivity contribution is 6.01. The third-order valence-electron chi connectivity index (χ3n) is 11.2. The summed E-state index contributed by atoms with van der Waals surface area (Å²) in [6.45, 7) is 8.11. The van der Waals surface area contributed by atoms with Crippen LogP contribution < -0.4 is 5.32 Å². The maximum atomic E-state index is 17.6. The molecule has 0 heterocycles. The van der Waals surface area contributed by atoms with Crippen LogP contribution in [-0.4, -0.2) is 65.0 Å². The van der Waals surface area contributed by atoms with Gasteiger partial charge in [0.05, 0.1) is 6.10 Å². The van der Waals surface area contributed by atoms with Gasteiger partial charge in [-0.1, -0.05) is 52.2 Å². The Balaban J connectivity index is 1.64. The molecule has 3 fully saturated rings. The Morgan fingerprint density at radius 2 is 1.75 bits per heavy atom. The van der Waals surface area contributed by atoms with Gasteiger partial charge >= 0.3 is 11.9 Å². The SMILES string of the molecule is CCCCC(=O)NCC(=O)OCC(=O)C1(OC(=O)CCCC)C(C)CC2C3CCC4=CC(=O)C=CC4(C)C3(F)C(O)CC21C. The molecule has 0 saturated heterocycles. The Labute approximate surface area is 259 Å². The van der Waals surface area contributed by atoms with Crippen molar-refractivity contribution in [1.29, 1.82) is 0 Å². The molecule has 10 heteroatoms. The molecule has 44 heavy (non-hydrogen) atoms. The van der Waals surface area contributed by atoms with Crippen molar-refractivity contribution in [3.8, 4) is 0 Å². The lowest BCUT2D eigenvalue weighted by molar-refractivity contribution is -0.228. The van der Waals surface area contributed by atoms with Crippen molar-refractivity contribution in [1.82, 2.24) is 5.32 Å². The molecular weight excluding hydrogens is 569 g/mol. The Hall–Kier alpha value is -2.88. The number of nitrogens with one attached hydrogen (secondary N) is 1. The van der Waals surface area contributed by atoms with E-state index in [9.17, 15) is 29.1 Å². The van der Waals surface area contributed by atoms with E-state index in [0.717, 1.165) is 12.8 Å². The molecule has 9 nitrogen and oxygen atoms in total. The summed E-state index contributed by atoms with van der Waals surface area (Å²) >= 11 is 0. The van der Waals surface area contributed by atoms with Crippen LogP contribution >= 0.6 is 0 Å². The average molecular weight is 618 g/mol. The summed E-state index contributed by atoms with van der Waals surface area (Å²) in [5, 5.41) is 14.2. The van der Waals surface area contributed by atoms with Crippen LogP contribution in [0.1, 0.15) is 98.8 Å². The molecule has 0 spiro atoms. The molecule has 4 aliphatic carbocycles. The number of carbonyl (C=O) groups is 5. The molecule has 8 unspecified atom stereocenters. The summed E-state index contributed by atoms with van der Waals surface area (Å²) in [4.78, 5) is 64.0. The topological polar surface area (TPSA) is 136 Å². The van der Waals surface area contributed by atoms with E-state index in [1.807, 2.05) is 13.8 Å². The van der Waals surface area contributed by atoms with E-state index < -0.39 is 76.8 Å². The fraction of sp³-hybridized carbons (Fsp3) is 0.735. The van der Waals surface area contributed by atoms with E-state index in [4.69, 9.17) is 9.47 Å².